The molecule has 0 saturated carbocycles. The minimum Gasteiger partial charge on any atom is -0.480 e. The van der Waals surface area contributed by atoms with Crippen LogP contribution in [0.5, 0.6) is 0 Å². The second kappa shape index (κ2) is 7.73. The van der Waals surface area contributed by atoms with Gasteiger partial charge in [0.25, 0.3) is 0 Å². The third-order valence-electron chi connectivity index (χ3n) is 3.16. The smallest absolute Gasteiger partial charge is 0.335 e. The summed E-state index contributed by atoms with van der Waals surface area (Å²) in [5, 5.41) is 17.8. The largest absolute Gasteiger partial charge is 0.480 e. The lowest BCUT2D eigenvalue weighted by Gasteiger charge is -2.14. The molecule has 1 aromatic rings. The second-order valence-electron chi connectivity index (χ2n) is 4.87. The Balaban J connectivity index is 2.95. The lowest BCUT2D eigenvalue weighted by atomic mass is 10.2. The third-order valence-corrected chi connectivity index (χ3v) is 6.39. The van der Waals surface area contributed by atoms with Gasteiger partial charge < -0.3 is 10.2 Å². The Morgan fingerprint density at radius 1 is 1.08 bits per heavy atom. The Morgan fingerprint density at radius 3 is 2.04 bits per heavy atom. The molecule has 9 nitrogen and oxygen atoms in total. The molecule has 134 valence electrons. The van der Waals surface area contributed by atoms with Gasteiger partial charge in [0, 0.05) is 5.75 Å². The van der Waals surface area contributed by atoms with E-state index in [0.717, 1.165) is 24.3 Å². The van der Waals surface area contributed by atoms with Crippen molar-refractivity contribution in [3.05, 3.63) is 29.8 Å². The van der Waals surface area contributed by atoms with E-state index in [1.54, 1.807) is 0 Å². The van der Waals surface area contributed by atoms with Gasteiger partial charge >= 0.3 is 11.9 Å². The average Bonchev–Trinajstić information content (AvgIpc) is 2.51. The Bertz CT molecular complexity index is 812. The molecule has 1 unspecified atom stereocenters. The summed E-state index contributed by atoms with van der Waals surface area (Å²) in [6.07, 6.45) is -0.419. The van der Waals surface area contributed by atoms with Crippen LogP contribution in [0.25, 0.3) is 0 Å². The molecular formula is C13H17NO8S2. The van der Waals surface area contributed by atoms with Crippen LogP contribution in [0, 0.1) is 0 Å². The van der Waals surface area contributed by atoms with Crippen molar-refractivity contribution in [1.29, 1.82) is 0 Å². The van der Waals surface area contributed by atoms with Crippen molar-refractivity contribution in [3.63, 3.8) is 0 Å². The van der Waals surface area contributed by atoms with Crippen molar-refractivity contribution in [2.24, 2.45) is 0 Å². The zero-order valence-corrected chi connectivity index (χ0v) is 14.3. The van der Waals surface area contributed by atoms with Crippen molar-refractivity contribution in [1.82, 2.24) is 4.72 Å². The summed E-state index contributed by atoms with van der Waals surface area (Å²) < 4.78 is 49.1. The van der Waals surface area contributed by atoms with Crippen LogP contribution in [0.15, 0.2) is 29.2 Å². The fourth-order valence-corrected chi connectivity index (χ4v) is 3.81. The predicted octanol–water partition coefficient (Wildman–Crippen LogP) is -0.0589. The summed E-state index contributed by atoms with van der Waals surface area (Å²) in [4.78, 5) is 21.6. The number of sulfonamides is 1. The van der Waals surface area contributed by atoms with Gasteiger partial charge in [-0.2, -0.15) is 4.72 Å². The van der Waals surface area contributed by atoms with E-state index in [2.05, 4.69) is 0 Å². The van der Waals surface area contributed by atoms with E-state index in [4.69, 9.17) is 10.2 Å². The molecule has 0 bridgehead atoms. The van der Waals surface area contributed by atoms with Crippen LogP contribution in [0.2, 0.25) is 0 Å². The van der Waals surface area contributed by atoms with Crippen molar-refractivity contribution < 1.29 is 36.6 Å². The van der Waals surface area contributed by atoms with Crippen molar-refractivity contribution in [2.75, 3.05) is 11.5 Å². The lowest BCUT2D eigenvalue weighted by Crippen LogP contribution is -2.41. The van der Waals surface area contributed by atoms with E-state index >= 15 is 0 Å². The highest BCUT2D eigenvalue weighted by Gasteiger charge is 2.27. The van der Waals surface area contributed by atoms with Gasteiger partial charge in [0.15, 0.2) is 0 Å². The number of sulfone groups is 1. The highest BCUT2D eigenvalue weighted by atomic mass is 32.2. The summed E-state index contributed by atoms with van der Waals surface area (Å²) in [6, 6.07) is 2.55. The number of aliphatic carboxylic acids is 1. The maximum absolute atomic E-state index is 12.2. The first-order chi connectivity index (χ1) is 11.0. The van der Waals surface area contributed by atoms with E-state index in [-0.39, 0.29) is 16.2 Å². The number of nitrogens with one attached hydrogen (secondary N) is 1. The fraction of sp³-hybridized carbons (Fsp3) is 0.385. The Kier molecular flexibility index (Phi) is 6.46. The standard InChI is InChI=1S/C13H17NO8S2/c1-2-23(19,20)8-7-11(13(17)18)14-24(21,22)10-5-3-9(4-6-10)12(15)16/h3-6,11,14H,2,7-8H2,1H3,(H,15,16)(H,17,18). The second-order valence-corrected chi connectivity index (χ2v) is 9.05. The van der Waals surface area contributed by atoms with Crippen molar-refractivity contribution in [3.8, 4) is 0 Å². The molecule has 24 heavy (non-hydrogen) atoms. The number of carbonyl (C=O) groups is 2. The van der Waals surface area contributed by atoms with Gasteiger partial charge in [0.1, 0.15) is 15.9 Å². The Hall–Kier alpha value is -1.98. The molecule has 0 fully saturated rings. The van der Waals surface area contributed by atoms with Gasteiger partial charge in [0.05, 0.1) is 16.2 Å². The van der Waals surface area contributed by atoms with Crippen LogP contribution in [0.3, 0.4) is 0 Å². The zero-order chi connectivity index (χ0) is 18.5. The first-order valence-corrected chi connectivity index (χ1v) is 10.1. The molecule has 1 aromatic carbocycles. The van der Waals surface area contributed by atoms with Crippen LogP contribution in [-0.4, -0.2) is 56.5 Å². The van der Waals surface area contributed by atoms with Gasteiger partial charge in [-0.15, -0.1) is 0 Å². The minimum atomic E-state index is -4.24. The molecule has 0 aliphatic rings. The molecule has 0 aliphatic carbocycles. The molecule has 0 saturated heterocycles. The average molecular weight is 379 g/mol. The molecule has 11 heteroatoms. The molecule has 0 spiro atoms. The number of hydrogen-bond acceptors (Lipinski definition) is 6. The molecule has 1 atom stereocenters. The van der Waals surface area contributed by atoms with Crippen LogP contribution in [-0.2, 0) is 24.7 Å². The fourth-order valence-electron chi connectivity index (χ4n) is 1.71. The Labute approximate surface area is 139 Å². The van der Waals surface area contributed by atoms with Gasteiger partial charge in [-0.05, 0) is 30.7 Å². The molecule has 0 amide bonds. The molecule has 1 rings (SSSR count). The van der Waals surface area contributed by atoms with E-state index in [1.165, 1.54) is 6.92 Å². The van der Waals surface area contributed by atoms with Gasteiger partial charge in [0.2, 0.25) is 10.0 Å². The maximum atomic E-state index is 12.2. The molecular weight excluding hydrogens is 362 g/mol. The van der Waals surface area contributed by atoms with Crippen LogP contribution in [0.4, 0.5) is 0 Å². The predicted molar refractivity (Wildman–Crippen MR) is 84.1 cm³/mol. The minimum absolute atomic E-state index is 0.127. The number of benzene rings is 1. The number of aromatic carboxylic acids is 1. The van der Waals surface area contributed by atoms with E-state index < -0.39 is 50.0 Å². The third kappa shape index (κ3) is 5.58. The summed E-state index contributed by atoms with van der Waals surface area (Å²) in [5.74, 6) is -3.39. The number of carboxylic acid groups (broad SMARTS) is 2. The van der Waals surface area contributed by atoms with Gasteiger partial charge in [-0.3, -0.25) is 4.79 Å². The normalized spacial score (nSPS) is 13.4. The molecule has 0 heterocycles. The van der Waals surface area contributed by atoms with Gasteiger partial charge in [-0.1, -0.05) is 6.92 Å². The van der Waals surface area contributed by atoms with Crippen molar-refractivity contribution >= 4 is 31.8 Å². The number of rotatable bonds is 9. The molecule has 0 radical (unpaired) electrons. The van der Waals surface area contributed by atoms with Crippen LogP contribution < -0.4 is 4.72 Å². The summed E-state index contributed by atoms with van der Waals surface area (Å²) >= 11 is 0. The van der Waals surface area contributed by atoms with Gasteiger partial charge in [-0.25, -0.2) is 21.6 Å². The number of carboxylic acids is 2. The first kappa shape index (κ1) is 20.1. The van der Waals surface area contributed by atoms with E-state index in [0.29, 0.717) is 0 Å². The van der Waals surface area contributed by atoms with Crippen LogP contribution >= 0.6 is 0 Å². The quantitative estimate of drug-likeness (QED) is 0.539. The van der Waals surface area contributed by atoms with Crippen molar-refractivity contribution in [2.45, 2.75) is 24.3 Å². The monoisotopic (exact) mass is 379 g/mol. The first-order valence-electron chi connectivity index (χ1n) is 6.77. The lowest BCUT2D eigenvalue weighted by molar-refractivity contribution is -0.139. The Morgan fingerprint density at radius 2 is 1.62 bits per heavy atom. The van der Waals surface area contributed by atoms with E-state index in [9.17, 15) is 26.4 Å². The molecule has 0 aliphatic heterocycles. The summed E-state index contributed by atoms with van der Waals surface area (Å²) in [7, 11) is -7.69. The highest BCUT2D eigenvalue weighted by Crippen LogP contribution is 2.12. The summed E-state index contributed by atoms with van der Waals surface area (Å²) in [5.41, 5.74) is -0.127. The van der Waals surface area contributed by atoms with Crippen LogP contribution in [0.1, 0.15) is 23.7 Å². The topological polar surface area (TPSA) is 155 Å². The summed E-state index contributed by atoms with van der Waals surface area (Å²) in [6.45, 7) is 1.40. The highest BCUT2D eigenvalue weighted by molar-refractivity contribution is 7.91. The maximum Gasteiger partial charge on any atom is 0.335 e. The zero-order valence-electron chi connectivity index (χ0n) is 12.7. The molecule has 0 aromatic heterocycles. The molecule has 3 N–H and O–H groups in total. The SMILES string of the molecule is CCS(=O)(=O)CCC(NS(=O)(=O)c1ccc(C(=O)O)cc1)C(=O)O. The van der Waals surface area contributed by atoms with E-state index in [1.807, 2.05) is 4.72 Å². The number of hydrogen-bond donors (Lipinski definition) is 3.